The van der Waals surface area contributed by atoms with E-state index >= 15 is 0 Å². The lowest BCUT2D eigenvalue weighted by atomic mass is 10.8. The van der Waals surface area contributed by atoms with Crippen molar-refractivity contribution in [2.45, 2.75) is 0 Å². The zero-order valence-corrected chi connectivity index (χ0v) is 8.15. The first-order valence-corrected chi connectivity index (χ1v) is 4.76. The first-order valence-electron chi connectivity index (χ1n) is 2.76. The van der Waals surface area contributed by atoms with E-state index in [2.05, 4.69) is 22.1 Å². The Morgan fingerprint density at radius 2 is 2.00 bits per heavy atom. The molecule has 0 atom stereocenters. The normalized spacial score (nSPS) is 10.2. The highest BCUT2D eigenvalue weighted by Crippen LogP contribution is 1.74. The van der Waals surface area contributed by atoms with Crippen LogP contribution in [0.1, 0.15) is 0 Å². The topological polar surface area (TPSA) is 75.6 Å². The van der Waals surface area contributed by atoms with Crippen molar-refractivity contribution < 1.29 is 17.2 Å². The highest BCUT2D eigenvalue weighted by atomic mass is 32.3. The van der Waals surface area contributed by atoms with Gasteiger partial charge >= 0.3 is 10.4 Å². The Kier molecular flexibility index (Phi) is 10.3. The van der Waals surface area contributed by atoms with Gasteiger partial charge in [0, 0.05) is 12.3 Å². The molecule has 0 radical (unpaired) electrons. The summed E-state index contributed by atoms with van der Waals surface area (Å²) in [6.45, 7) is 1.00. The molecule has 0 heterocycles. The third-order valence-corrected chi connectivity index (χ3v) is 1.22. The van der Waals surface area contributed by atoms with E-state index in [0.29, 0.717) is 0 Å². The second kappa shape index (κ2) is 8.28. The number of hydrogen-bond acceptors (Lipinski definition) is 5. The number of rotatable bonds is 3. The summed E-state index contributed by atoms with van der Waals surface area (Å²) in [7, 11) is -1.38. The molecule has 2 N–H and O–H groups in total. The van der Waals surface area contributed by atoms with E-state index in [0.717, 1.165) is 19.4 Å². The molecule has 11 heavy (non-hydrogen) atoms. The molecule has 0 fully saturated rings. The molecule has 0 saturated heterocycles. The zero-order chi connectivity index (χ0) is 9.33. The molecule has 0 saturated carbocycles. The predicted octanol–water partition coefficient (Wildman–Crippen LogP) is -0.429. The van der Waals surface area contributed by atoms with Gasteiger partial charge in [-0.1, -0.05) is 0 Å². The molecule has 0 aliphatic rings. The summed E-state index contributed by atoms with van der Waals surface area (Å²) in [5.41, 5.74) is 0. The van der Waals surface area contributed by atoms with E-state index in [-0.39, 0.29) is 0 Å². The van der Waals surface area contributed by atoms with E-state index in [1.54, 1.807) is 0 Å². The molecule has 0 bridgehead atoms. The summed E-state index contributed by atoms with van der Waals surface area (Å²) in [5.74, 6) is 0.927. The van der Waals surface area contributed by atoms with Gasteiger partial charge < -0.3 is 5.32 Å². The van der Waals surface area contributed by atoms with Crippen molar-refractivity contribution in [2.75, 3.05) is 26.5 Å². The van der Waals surface area contributed by atoms with Crippen LogP contribution < -0.4 is 5.32 Å². The number of thiol groups is 1. The Bertz CT molecular complexity index is 153. The number of nitrogens with one attached hydrogen (secondary N) is 1. The van der Waals surface area contributed by atoms with Crippen LogP contribution in [0.4, 0.5) is 0 Å². The molecular formula is C4H13NO4S2. The molecule has 0 aliphatic heterocycles. The molecule has 0 rings (SSSR count). The van der Waals surface area contributed by atoms with Crippen LogP contribution in [0, 0.1) is 0 Å². The SMILES string of the molecule is CNCCS.COS(=O)(=O)O. The minimum absolute atomic E-state index is 0.870. The lowest BCUT2D eigenvalue weighted by Gasteiger charge is -1.84. The Hall–Kier alpha value is 0.180. The van der Waals surface area contributed by atoms with Crippen LogP contribution in [0.3, 0.4) is 0 Å². The molecule has 0 aliphatic carbocycles. The van der Waals surface area contributed by atoms with Gasteiger partial charge in [0.2, 0.25) is 0 Å². The average molecular weight is 203 g/mol. The fourth-order valence-corrected chi connectivity index (χ4v) is 0.335. The van der Waals surface area contributed by atoms with Gasteiger partial charge in [0.15, 0.2) is 0 Å². The Labute approximate surface area is 72.5 Å². The van der Waals surface area contributed by atoms with Crippen LogP contribution in [0.25, 0.3) is 0 Å². The first kappa shape index (κ1) is 13.7. The van der Waals surface area contributed by atoms with Crippen molar-refractivity contribution in [3.05, 3.63) is 0 Å². The van der Waals surface area contributed by atoms with E-state index < -0.39 is 10.4 Å². The minimum atomic E-state index is -4.16. The molecule has 7 heteroatoms. The minimum Gasteiger partial charge on any atom is -0.319 e. The maximum atomic E-state index is 9.33. The largest absolute Gasteiger partial charge is 0.397 e. The summed E-state index contributed by atoms with van der Waals surface area (Å²) in [4.78, 5) is 0. The van der Waals surface area contributed by atoms with Crippen molar-refractivity contribution >= 4 is 23.0 Å². The van der Waals surface area contributed by atoms with Crippen molar-refractivity contribution in [3.63, 3.8) is 0 Å². The lowest BCUT2D eigenvalue weighted by molar-refractivity contribution is 0.324. The first-order chi connectivity index (χ1) is 4.97. The fraction of sp³-hybridized carbons (Fsp3) is 1.00. The van der Waals surface area contributed by atoms with E-state index in [9.17, 15) is 8.42 Å². The van der Waals surface area contributed by atoms with Crippen molar-refractivity contribution in [3.8, 4) is 0 Å². The molecule has 5 nitrogen and oxygen atoms in total. The van der Waals surface area contributed by atoms with Crippen LogP contribution in [-0.4, -0.2) is 39.4 Å². The molecule has 0 amide bonds. The molecule has 0 aromatic heterocycles. The summed E-state index contributed by atoms with van der Waals surface area (Å²) in [5, 5.41) is 2.94. The molecule has 0 unspecified atom stereocenters. The Balaban J connectivity index is 0. The van der Waals surface area contributed by atoms with Gasteiger partial charge in [0.1, 0.15) is 0 Å². The smallest absolute Gasteiger partial charge is 0.319 e. The monoisotopic (exact) mass is 203 g/mol. The van der Waals surface area contributed by atoms with Crippen molar-refractivity contribution in [1.29, 1.82) is 0 Å². The van der Waals surface area contributed by atoms with Gasteiger partial charge in [-0.15, -0.1) is 0 Å². The van der Waals surface area contributed by atoms with Gasteiger partial charge in [-0.2, -0.15) is 21.0 Å². The molecular weight excluding hydrogens is 190 g/mol. The second-order valence-corrected chi connectivity index (χ2v) is 3.06. The highest BCUT2D eigenvalue weighted by Gasteiger charge is 1.93. The van der Waals surface area contributed by atoms with Crippen LogP contribution in [0.2, 0.25) is 0 Å². The van der Waals surface area contributed by atoms with Crippen LogP contribution in [-0.2, 0) is 14.6 Å². The van der Waals surface area contributed by atoms with Crippen molar-refractivity contribution in [1.82, 2.24) is 5.32 Å². The highest BCUT2D eigenvalue weighted by molar-refractivity contribution is 7.80. The van der Waals surface area contributed by atoms with Crippen LogP contribution in [0.15, 0.2) is 0 Å². The average Bonchev–Trinajstić information content (AvgIpc) is 1.90. The predicted molar refractivity (Wildman–Crippen MR) is 46.3 cm³/mol. The Morgan fingerprint density at radius 1 is 1.64 bits per heavy atom. The Morgan fingerprint density at radius 3 is 2.00 bits per heavy atom. The van der Waals surface area contributed by atoms with E-state index in [1.807, 2.05) is 7.05 Å². The number of hydrogen-bond donors (Lipinski definition) is 3. The summed E-state index contributed by atoms with van der Waals surface area (Å²) >= 11 is 3.94. The summed E-state index contributed by atoms with van der Waals surface area (Å²) in [6.07, 6.45) is 0. The summed E-state index contributed by atoms with van der Waals surface area (Å²) in [6, 6.07) is 0. The lowest BCUT2D eigenvalue weighted by Crippen LogP contribution is -2.07. The van der Waals surface area contributed by atoms with E-state index in [4.69, 9.17) is 4.55 Å². The van der Waals surface area contributed by atoms with Gasteiger partial charge in [-0.3, -0.25) is 8.74 Å². The van der Waals surface area contributed by atoms with Crippen molar-refractivity contribution in [2.24, 2.45) is 0 Å². The molecule has 70 valence electrons. The fourth-order valence-electron chi connectivity index (χ4n) is 0.112. The standard InChI is InChI=1S/C3H9NS.CH4O4S/c1-4-2-3-5;1-5-6(2,3)4/h4-5H,2-3H2,1H3;1H3,(H,2,3,4). The van der Waals surface area contributed by atoms with Gasteiger partial charge in [-0.25, -0.2) is 0 Å². The van der Waals surface area contributed by atoms with Gasteiger partial charge in [0.25, 0.3) is 0 Å². The third kappa shape index (κ3) is 25.4. The molecule has 0 aromatic carbocycles. The maximum absolute atomic E-state index is 9.33. The van der Waals surface area contributed by atoms with Crippen LogP contribution >= 0.6 is 12.6 Å². The van der Waals surface area contributed by atoms with E-state index in [1.165, 1.54) is 0 Å². The van der Waals surface area contributed by atoms with Gasteiger partial charge in [-0.05, 0) is 7.05 Å². The molecule has 0 aromatic rings. The van der Waals surface area contributed by atoms with Gasteiger partial charge in [0.05, 0.1) is 7.11 Å². The molecule has 0 spiro atoms. The summed E-state index contributed by atoms with van der Waals surface area (Å²) < 4.78 is 29.7. The zero-order valence-electron chi connectivity index (χ0n) is 6.44. The quantitative estimate of drug-likeness (QED) is 0.429. The second-order valence-electron chi connectivity index (χ2n) is 1.42. The third-order valence-electron chi connectivity index (χ3n) is 0.572. The maximum Gasteiger partial charge on any atom is 0.397 e. The van der Waals surface area contributed by atoms with Crippen LogP contribution in [0.5, 0.6) is 0 Å².